The van der Waals surface area contributed by atoms with Gasteiger partial charge in [0.15, 0.2) is 0 Å². The number of hydrogen-bond donors (Lipinski definition) is 0. The third kappa shape index (κ3) is 4.50. The van der Waals surface area contributed by atoms with Crippen LogP contribution in [0.5, 0.6) is 0 Å². The van der Waals surface area contributed by atoms with Gasteiger partial charge in [-0.1, -0.05) is 20.8 Å². The molecule has 2 amide bonds. The molecule has 0 saturated carbocycles. The van der Waals surface area contributed by atoms with E-state index in [-0.39, 0.29) is 16.9 Å². The van der Waals surface area contributed by atoms with E-state index < -0.39 is 17.5 Å². The molecule has 6 heteroatoms. The van der Waals surface area contributed by atoms with Crippen molar-refractivity contribution in [3.8, 4) is 0 Å². The lowest BCUT2D eigenvalue weighted by atomic mass is 9.91. The van der Waals surface area contributed by atoms with Crippen LogP contribution in [0.1, 0.15) is 37.6 Å². The van der Waals surface area contributed by atoms with E-state index in [2.05, 4.69) is 0 Å². The summed E-state index contributed by atoms with van der Waals surface area (Å²) in [7, 11) is 0. The first-order valence-electron chi connectivity index (χ1n) is 7.69. The van der Waals surface area contributed by atoms with E-state index in [9.17, 15) is 18.4 Å². The number of halogens is 2. The third-order valence-corrected chi connectivity index (χ3v) is 3.76. The zero-order chi connectivity index (χ0) is 17.2. The Morgan fingerprint density at radius 1 is 1.04 bits per heavy atom. The van der Waals surface area contributed by atoms with Gasteiger partial charge in [-0.25, -0.2) is 8.78 Å². The summed E-state index contributed by atoms with van der Waals surface area (Å²) in [5, 5.41) is 0. The number of amides is 2. The van der Waals surface area contributed by atoms with E-state index in [1.807, 2.05) is 20.8 Å². The predicted octanol–water partition coefficient (Wildman–Crippen LogP) is 2.69. The van der Waals surface area contributed by atoms with Crippen molar-refractivity contribution in [2.75, 3.05) is 26.2 Å². The summed E-state index contributed by atoms with van der Waals surface area (Å²) >= 11 is 0. The molecule has 1 aliphatic rings. The second-order valence-electron chi connectivity index (χ2n) is 7.03. The highest BCUT2D eigenvalue weighted by Gasteiger charge is 2.28. The molecular formula is C17H22F2N2O2. The van der Waals surface area contributed by atoms with E-state index >= 15 is 0 Å². The van der Waals surface area contributed by atoms with Crippen LogP contribution in [0.2, 0.25) is 0 Å². The molecule has 0 spiro atoms. The van der Waals surface area contributed by atoms with E-state index in [0.29, 0.717) is 38.7 Å². The van der Waals surface area contributed by atoms with Crippen molar-refractivity contribution < 1.29 is 18.4 Å². The van der Waals surface area contributed by atoms with Crippen molar-refractivity contribution in [1.82, 2.24) is 9.80 Å². The van der Waals surface area contributed by atoms with E-state index in [4.69, 9.17) is 0 Å². The van der Waals surface area contributed by atoms with Crippen LogP contribution < -0.4 is 0 Å². The molecule has 1 aliphatic heterocycles. The number of carbonyl (C=O) groups is 2. The molecular weight excluding hydrogens is 302 g/mol. The Bertz CT molecular complexity index is 603. The fourth-order valence-electron chi connectivity index (χ4n) is 2.56. The average molecular weight is 324 g/mol. The van der Waals surface area contributed by atoms with Gasteiger partial charge >= 0.3 is 0 Å². The first-order chi connectivity index (χ1) is 10.7. The minimum Gasteiger partial charge on any atom is -0.339 e. The Morgan fingerprint density at radius 3 is 2.13 bits per heavy atom. The maximum absolute atomic E-state index is 13.7. The van der Waals surface area contributed by atoms with Crippen molar-refractivity contribution in [3.05, 3.63) is 35.4 Å². The summed E-state index contributed by atoms with van der Waals surface area (Å²) < 4.78 is 26.6. The van der Waals surface area contributed by atoms with Gasteiger partial charge in [-0.3, -0.25) is 9.59 Å². The predicted molar refractivity (Wildman–Crippen MR) is 82.9 cm³/mol. The summed E-state index contributed by atoms with van der Waals surface area (Å²) in [6, 6.07) is 2.93. The summed E-state index contributed by atoms with van der Waals surface area (Å²) in [5.74, 6) is -1.97. The first-order valence-corrected chi connectivity index (χ1v) is 7.69. The summed E-state index contributed by atoms with van der Waals surface area (Å²) in [6.07, 6.45) is 0.452. The molecule has 1 heterocycles. The Hall–Kier alpha value is -1.98. The summed E-state index contributed by atoms with van der Waals surface area (Å²) in [5.41, 5.74) is -0.220. The summed E-state index contributed by atoms with van der Waals surface area (Å²) in [4.78, 5) is 27.7. The molecule has 1 saturated heterocycles. The molecule has 1 aromatic carbocycles. The topological polar surface area (TPSA) is 40.6 Å². The number of nitrogens with zero attached hydrogens (tertiary/aromatic N) is 2. The lowest BCUT2D eigenvalue weighted by molar-refractivity contribution is -0.134. The Balaban J connectivity index is 1.96. The number of rotatable bonds is 2. The molecule has 2 rings (SSSR count). The highest BCUT2D eigenvalue weighted by Crippen LogP contribution is 2.21. The lowest BCUT2D eigenvalue weighted by Crippen LogP contribution is -2.51. The van der Waals surface area contributed by atoms with Crippen LogP contribution in [-0.2, 0) is 4.79 Å². The highest BCUT2D eigenvalue weighted by molar-refractivity contribution is 5.94. The van der Waals surface area contributed by atoms with Gasteiger partial charge in [0.05, 0.1) is 5.56 Å². The van der Waals surface area contributed by atoms with Gasteiger partial charge in [-0.15, -0.1) is 0 Å². The quantitative estimate of drug-likeness (QED) is 0.839. The van der Waals surface area contributed by atoms with Crippen LogP contribution in [0, 0.1) is 17.0 Å². The molecule has 126 valence electrons. The van der Waals surface area contributed by atoms with Crippen molar-refractivity contribution in [2.45, 2.75) is 27.2 Å². The van der Waals surface area contributed by atoms with Crippen molar-refractivity contribution in [2.24, 2.45) is 5.41 Å². The first kappa shape index (κ1) is 17.4. The van der Waals surface area contributed by atoms with Gasteiger partial charge in [0.1, 0.15) is 11.6 Å². The van der Waals surface area contributed by atoms with Gasteiger partial charge in [0, 0.05) is 38.7 Å². The van der Waals surface area contributed by atoms with Crippen molar-refractivity contribution in [1.29, 1.82) is 0 Å². The molecule has 0 aliphatic carbocycles. The number of carbonyl (C=O) groups excluding carboxylic acids is 2. The molecule has 1 fully saturated rings. The zero-order valence-electron chi connectivity index (χ0n) is 13.7. The van der Waals surface area contributed by atoms with Crippen LogP contribution >= 0.6 is 0 Å². The highest BCUT2D eigenvalue weighted by atomic mass is 19.1. The maximum Gasteiger partial charge on any atom is 0.256 e. The largest absolute Gasteiger partial charge is 0.339 e. The molecule has 23 heavy (non-hydrogen) atoms. The van der Waals surface area contributed by atoms with Crippen LogP contribution in [-0.4, -0.2) is 47.8 Å². The van der Waals surface area contributed by atoms with E-state index in [1.165, 1.54) is 4.90 Å². The van der Waals surface area contributed by atoms with Gasteiger partial charge in [0.25, 0.3) is 5.91 Å². The number of hydrogen-bond acceptors (Lipinski definition) is 2. The monoisotopic (exact) mass is 324 g/mol. The van der Waals surface area contributed by atoms with Crippen molar-refractivity contribution in [3.63, 3.8) is 0 Å². The summed E-state index contributed by atoms with van der Waals surface area (Å²) in [6.45, 7) is 7.58. The fraction of sp³-hybridized carbons (Fsp3) is 0.529. The zero-order valence-corrected chi connectivity index (χ0v) is 13.7. The fourth-order valence-corrected chi connectivity index (χ4v) is 2.56. The number of piperazine rings is 1. The Morgan fingerprint density at radius 2 is 1.61 bits per heavy atom. The lowest BCUT2D eigenvalue weighted by Gasteiger charge is -2.36. The van der Waals surface area contributed by atoms with Gasteiger partial charge in [-0.2, -0.15) is 0 Å². The average Bonchev–Trinajstić information content (AvgIpc) is 2.45. The van der Waals surface area contributed by atoms with E-state index in [1.54, 1.807) is 4.90 Å². The Labute approximate surface area is 135 Å². The van der Waals surface area contributed by atoms with Crippen LogP contribution in [0.3, 0.4) is 0 Å². The van der Waals surface area contributed by atoms with Gasteiger partial charge in [0.2, 0.25) is 5.91 Å². The van der Waals surface area contributed by atoms with Crippen LogP contribution in [0.4, 0.5) is 8.78 Å². The molecule has 1 aromatic rings. The molecule has 0 unspecified atom stereocenters. The molecule has 0 radical (unpaired) electrons. The smallest absolute Gasteiger partial charge is 0.256 e. The molecule has 0 bridgehead atoms. The van der Waals surface area contributed by atoms with Gasteiger partial charge in [-0.05, 0) is 17.5 Å². The SMILES string of the molecule is CC(C)(C)CC(=O)N1CCN(C(=O)c2ccc(F)cc2F)CC1. The number of benzene rings is 1. The van der Waals surface area contributed by atoms with Crippen LogP contribution in [0.15, 0.2) is 18.2 Å². The maximum atomic E-state index is 13.7. The van der Waals surface area contributed by atoms with Crippen molar-refractivity contribution >= 4 is 11.8 Å². The molecule has 0 N–H and O–H groups in total. The second-order valence-corrected chi connectivity index (χ2v) is 7.03. The molecule has 0 atom stereocenters. The van der Waals surface area contributed by atoms with E-state index in [0.717, 1.165) is 12.1 Å². The van der Waals surface area contributed by atoms with Gasteiger partial charge < -0.3 is 9.80 Å². The minimum atomic E-state index is -0.860. The normalized spacial score (nSPS) is 15.7. The molecule has 0 aromatic heterocycles. The minimum absolute atomic E-state index is 0.0672. The Kier molecular flexibility index (Phi) is 5.02. The standard InChI is InChI=1S/C17H22F2N2O2/c1-17(2,3)11-15(22)20-6-8-21(9-7-20)16(23)13-5-4-12(18)10-14(13)19/h4-5,10H,6-9,11H2,1-3H3. The van der Waals surface area contributed by atoms with Crippen LogP contribution in [0.25, 0.3) is 0 Å². The molecule has 4 nitrogen and oxygen atoms in total. The third-order valence-electron chi connectivity index (χ3n) is 3.76. The second kappa shape index (κ2) is 6.64.